The Morgan fingerprint density at radius 2 is 2.05 bits per heavy atom. The Morgan fingerprint density at radius 3 is 2.58 bits per heavy atom. The fourth-order valence-corrected chi connectivity index (χ4v) is 1.40. The quantitative estimate of drug-likeness (QED) is 0.708. The largest absolute Gasteiger partial charge is 0.493 e. The van der Waals surface area contributed by atoms with Crippen LogP contribution in [0.2, 0.25) is 0 Å². The third kappa shape index (κ3) is 4.47. The van der Waals surface area contributed by atoms with Gasteiger partial charge >= 0.3 is 6.03 Å². The molecule has 0 aliphatic heterocycles. The van der Waals surface area contributed by atoms with Crippen LogP contribution >= 0.6 is 0 Å². The van der Waals surface area contributed by atoms with Crippen LogP contribution in [0.4, 0.5) is 4.79 Å². The van der Waals surface area contributed by atoms with E-state index in [1.165, 1.54) is 7.11 Å². The molecule has 5 N–H and O–H groups in total. The predicted molar refractivity (Wildman–Crippen MR) is 68.8 cm³/mol. The monoisotopic (exact) mass is 267 g/mol. The van der Waals surface area contributed by atoms with Gasteiger partial charge in [0.05, 0.1) is 7.11 Å². The molecular formula is C12H17N3O4. The van der Waals surface area contributed by atoms with Crippen molar-refractivity contribution < 1.29 is 19.1 Å². The number of hydrogen-bond donors (Lipinski definition) is 3. The zero-order chi connectivity index (χ0) is 14.4. The molecule has 0 aromatic heterocycles. The molecule has 0 aliphatic rings. The van der Waals surface area contributed by atoms with Gasteiger partial charge in [-0.25, -0.2) is 4.79 Å². The van der Waals surface area contributed by atoms with Gasteiger partial charge in [-0.05, 0) is 24.6 Å². The second-order valence-electron chi connectivity index (χ2n) is 3.90. The zero-order valence-electron chi connectivity index (χ0n) is 10.8. The van der Waals surface area contributed by atoms with E-state index in [2.05, 4.69) is 0 Å². The first-order valence-corrected chi connectivity index (χ1v) is 5.59. The van der Waals surface area contributed by atoms with Gasteiger partial charge in [0.25, 0.3) is 5.91 Å². The van der Waals surface area contributed by atoms with Gasteiger partial charge in [0.2, 0.25) is 0 Å². The highest BCUT2D eigenvalue weighted by atomic mass is 16.5. The van der Waals surface area contributed by atoms with Gasteiger partial charge in [0.1, 0.15) is 0 Å². The number of hydrogen-bond acceptors (Lipinski definition) is 5. The highest BCUT2D eigenvalue weighted by Crippen LogP contribution is 2.29. The van der Waals surface area contributed by atoms with Gasteiger partial charge in [0, 0.05) is 6.04 Å². The molecule has 0 spiro atoms. The van der Waals surface area contributed by atoms with Gasteiger partial charge in [-0.3, -0.25) is 10.1 Å². The SMILES string of the molecule is COc1cc([C@@H](C)N)ccc1OCC(=O)NC(N)=O. The topological polar surface area (TPSA) is 117 Å². The molecule has 19 heavy (non-hydrogen) atoms. The summed E-state index contributed by atoms with van der Waals surface area (Å²) in [7, 11) is 1.48. The fourth-order valence-electron chi connectivity index (χ4n) is 1.40. The number of primary amides is 1. The van der Waals surface area contributed by atoms with Crippen molar-refractivity contribution in [3.8, 4) is 11.5 Å². The third-order valence-corrected chi connectivity index (χ3v) is 2.33. The van der Waals surface area contributed by atoms with Crippen LogP contribution in [0.3, 0.4) is 0 Å². The van der Waals surface area contributed by atoms with Crippen LogP contribution in [0.5, 0.6) is 11.5 Å². The van der Waals surface area contributed by atoms with Crippen LogP contribution in [-0.4, -0.2) is 25.7 Å². The summed E-state index contributed by atoms with van der Waals surface area (Å²) in [5.41, 5.74) is 11.4. The van der Waals surface area contributed by atoms with Crippen molar-refractivity contribution in [3.05, 3.63) is 23.8 Å². The van der Waals surface area contributed by atoms with Crippen LogP contribution in [0.15, 0.2) is 18.2 Å². The first kappa shape index (κ1) is 14.8. The summed E-state index contributed by atoms with van der Waals surface area (Å²) in [4.78, 5) is 21.7. The van der Waals surface area contributed by atoms with Crippen molar-refractivity contribution in [2.24, 2.45) is 11.5 Å². The van der Waals surface area contributed by atoms with Crippen LogP contribution in [0, 0.1) is 0 Å². The molecular weight excluding hydrogens is 250 g/mol. The van der Waals surface area contributed by atoms with E-state index in [1.807, 2.05) is 12.2 Å². The van der Waals surface area contributed by atoms with E-state index in [0.29, 0.717) is 11.5 Å². The molecule has 1 atom stereocenters. The molecule has 1 aromatic carbocycles. The van der Waals surface area contributed by atoms with Crippen LogP contribution in [0.1, 0.15) is 18.5 Å². The van der Waals surface area contributed by atoms with E-state index in [1.54, 1.807) is 18.2 Å². The lowest BCUT2D eigenvalue weighted by atomic mass is 10.1. The summed E-state index contributed by atoms with van der Waals surface area (Å²) in [5, 5.41) is 1.89. The maximum absolute atomic E-state index is 11.2. The standard InChI is InChI=1S/C12H17N3O4/c1-7(13)8-3-4-9(10(5-8)18-2)19-6-11(16)15-12(14)17/h3-5,7H,6,13H2,1-2H3,(H3,14,15,16,17)/t7-/m1/s1. The number of rotatable bonds is 5. The summed E-state index contributed by atoms with van der Waals surface area (Å²) in [5.74, 6) is 0.207. The Hall–Kier alpha value is -2.28. The van der Waals surface area contributed by atoms with E-state index in [-0.39, 0.29) is 12.6 Å². The van der Waals surface area contributed by atoms with Crippen LogP contribution < -0.4 is 26.3 Å². The Kier molecular flexibility index (Phi) is 5.13. The van der Waals surface area contributed by atoms with Crippen molar-refractivity contribution >= 4 is 11.9 Å². The number of nitrogens with one attached hydrogen (secondary N) is 1. The van der Waals surface area contributed by atoms with Gasteiger partial charge in [0.15, 0.2) is 18.1 Å². The van der Waals surface area contributed by atoms with Crippen molar-refractivity contribution in [1.29, 1.82) is 0 Å². The zero-order valence-corrected chi connectivity index (χ0v) is 10.8. The number of imide groups is 1. The maximum Gasteiger partial charge on any atom is 0.318 e. The maximum atomic E-state index is 11.2. The summed E-state index contributed by atoms with van der Waals surface area (Å²) in [6, 6.07) is 4.09. The van der Waals surface area contributed by atoms with Gasteiger partial charge in [-0.2, -0.15) is 0 Å². The molecule has 1 aromatic rings. The lowest BCUT2D eigenvalue weighted by Gasteiger charge is -2.13. The van der Waals surface area contributed by atoms with E-state index >= 15 is 0 Å². The number of carbonyl (C=O) groups excluding carboxylic acids is 2. The summed E-state index contributed by atoms with van der Waals surface area (Å²) in [6.45, 7) is 1.51. The number of methoxy groups -OCH3 is 1. The first-order valence-electron chi connectivity index (χ1n) is 5.59. The Balaban J connectivity index is 2.73. The lowest BCUT2D eigenvalue weighted by molar-refractivity contribution is -0.121. The summed E-state index contributed by atoms with van der Waals surface area (Å²) < 4.78 is 10.4. The highest BCUT2D eigenvalue weighted by molar-refractivity contribution is 5.94. The number of benzene rings is 1. The molecule has 0 aliphatic carbocycles. The van der Waals surface area contributed by atoms with E-state index in [4.69, 9.17) is 20.9 Å². The van der Waals surface area contributed by atoms with Gasteiger partial charge in [-0.1, -0.05) is 6.07 Å². The molecule has 3 amide bonds. The van der Waals surface area contributed by atoms with Gasteiger partial charge in [-0.15, -0.1) is 0 Å². The second kappa shape index (κ2) is 6.60. The average molecular weight is 267 g/mol. The predicted octanol–water partition coefficient (Wildman–Crippen LogP) is 0.289. The van der Waals surface area contributed by atoms with Gasteiger partial charge < -0.3 is 20.9 Å². The smallest absolute Gasteiger partial charge is 0.318 e. The Labute approximate surface area is 110 Å². The van der Waals surface area contributed by atoms with Crippen molar-refractivity contribution in [2.45, 2.75) is 13.0 Å². The number of urea groups is 1. The number of amides is 3. The third-order valence-electron chi connectivity index (χ3n) is 2.33. The molecule has 0 radical (unpaired) electrons. The molecule has 7 nitrogen and oxygen atoms in total. The number of nitrogens with two attached hydrogens (primary N) is 2. The normalized spacial score (nSPS) is 11.5. The van der Waals surface area contributed by atoms with E-state index in [9.17, 15) is 9.59 Å². The van der Waals surface area contributed by atoms with Crippen molar-refractivity contribution in [2.75, 3.05) is 13.7 Å². The summed E-state index contributed by atoms with van der Waals surface area (Å²) in [6.07, 6.45) is 0. The molecule has 0 bridgehead atoms. The molecule has 1 rings (SSSR count). The minimum atomic E-state index is -0.923. The number of ether oxygens (including phenoxy) is 2. The number of carbonyl (C=O) groups is 2. The summed E-state index contributed by atoms with van der Waals surface area (Å²) >= 11 is 0. The second-order valence-corrected chi connectivity index (χ2v) is 3.90. The minimum absolute atomic E-state index is 0.138. The molecule has 0 saturated heterocycles. The average Bonchev–Trinajstić information content (AvgIpc) is 2.35. The van der Waals surface area contributed by atoms with Crippen LogP contribution in [-0.2, 0) is 4.79 Å². The van der Waals surface area contributed by atoms with Crippen LogP contribution in [0.25, 0.3) is 0 Å². The molecule has 7 heteroatoms. The van der Waals surface area contributed by atoms with E-state index < -0.39 is 11.9 Å². The van der Waals surface area contributed by atoms with Crippen molar-refractivity contribution in [1.82, 2.24) is 5.32 Å². The molecule has 104 valence electrons. The molecule has 0 saturated carbocycles. The molecule has 0 fully saturated rings. The first-order chi connectivity index (χ1) is 8.93. The lowest BCUT2D eigenvalue weighted by Crippen LogP contribution is -2.38. The molecule has 0 heterocycles. The fraction of sp³-hybridized carbons (Fsp3) is 0.333. The Morgan fingerprint density at radius 1 is 1.37 bits per heavy atom. The van der Waals surface area contributed by atoms with E-state index in [0.717, 1.165) is 5.56 Å². The molecule has 0 unspecified atom stereocenters. The Bertz CT molecular complexity index is 474. The highest BCUT2D eigenvalue weighted by Gasteiger charge is 2.10. The minimum Gasteiger partial charge on any atom is -0.493 e. The van der Waals surface area contributed by atoms with Crippen molar-refractivity contribution in [3.63, 3.8) is 0 Å².